The molecule has 1 heterocycles. The third-order valence-electron chi connectivity index (χ3n) is 4.80. The number of likely N-dealkylation sites (tertiary alicyclic amines) is 1. The summed E-state index contributed by atoms with van der Waals surface area (Å²) in [5.74, 6) is 1.57. The van der Waals surface area contributed by atoms with Gasteiger partial charge in [0, 0.05) is 6.54 Å². The van der Waals surface area contributed by atoms with Crippen molar-refractivity contribution in [2.24, 2.45) is 17.6 Å². The molecule has 2 N–H and O–H groups in total. The molecule has 2 heteroatoms. The average Bonchev–Trinajstić information content (AvgIpc) is 2.42. The van der Waals surface area contributed by atoms with Gasteiger partial charge in [0.1, 0.15) is 0 Å². The molecule has 1 aliphatic heterocycles. The van der Waals surface area contributed by atoms with Gasteiger partial charge in [0.25, 0.3) is 0 Å². The van der Waals surface area contributed by atoms with E-state index in [1.54, 1.807) is 0 Å². The Labute approximate surface area is 121 Å². The molecule has 0 aromatic carbocycles. The summed E-state index contributed by atoms with van der Waals surface area (Å²) in [6, 6.07) is 0. The summed E-state index contributed by atoms with van der Waals surface area (Å²) in [4.78, 5) is 2.66. The van der Waals surface area contributed by atoms with Gasteiger partial charge in [0.05, 0.1) is 0 Å². The maximum absolute atomic E-state index is 5.81. The Morgan fingerprint density at radius 1 is 1.00 bits per heavy atom. The number of hydrogen-bond donors (Lipinski definition) is 1. The molecule has 2 nitrogen and oxygen atoms in total. The third kappa shape index (κ3) is 7.31. The maximum atomic E-state index is 5.81. The highest BCUT2D eigenvalue weighted by atomic mass is 15.1. The monoisotopic (exact) mass is 268 g/mol. The predicted molar refractivity (Wildman–Crippen MR) is 85.4 cm³/mol. The van der Waals surface area contributed by atoms with Crippen LogP contribution >= 0.6 is 0 Å². The zero-order chi connectivity index (χ0) is 13.9. The second-order valence-corrected chi connectivity index (χ2v) is 6.54. The molecule has 1 saturated heterocycles. The van der Waals surface area contributed by atoms with Crippen LogP contribution in [0.15, 0.2) is 0 Å². The van der Waals surface area contributed by atoms with E-state index in [9.17, 15) is 0 Å². The summed E-state index contributed by atoms with van der Waals surface area (Å²) in [6.07, 6.45) is 12.7. The molecule has 0 aromatic heterocycles. The zero-order valence-corrected chi connectivity index (χ0v) is 13.4. The number of hydrogen-bond acceptors (Lipinski definition) is 2. The number of unbranched alkanes of at least 4 members (excludes halogenated alkanes) is 7. The van der Waals surface area contributed by atoms with E-state index in [-0.39, 0.29) is 0 Å². The van der Waals surface area contributed by atoms with E-state index in [0.717, 1.165) is 18.4 Å². The van der Waals surface area contributed by atoms with Crippen molar-refractivity contribution in [3.8, 4) is 0 Å². The van der Waals surface area contributed by atoms with Crippen molar-refractivity contribution in [3.63, 3.8) is 0 Å². The van der Waals surface area contributed by atoms with Gasteiger partial charge in [-0.05, 0) is 44.3 Å². The summed E-state index contributed by atoms with van der Waals surface area (Å²) in [6.45, 7) is 9.41. The van der Waals surface area contributed by atoms with E-state index >= 15 is 0 Å². The Hall–Kier alpha value is -0.0800. The molecule has 0 spiro atoms. The fourth-order valence-electron chi connectivity index (χ4n) is 3.30. The topological polar surface area (TPSA) is 29.3 Å². The molecule has 0 aromatic rings. The molecule has 0 amide bonds. The minimum atomic E-state index is 0.773. The largest absolute Gasteiger partial charge is 0.330 e. The summed E-state index contributed by atoms with van der Waals surface area (Å²) in [7, 11) is 0. The molecule has 2 unspecified atom stereocenters. The van der Waals surface area contributed by atoms with E-state index in [1.807, 2.05) is 0 Å². The van der Waals surface area contributed by atoms with Crippen LogP contribution in [0.5, 0.6) is 0 Å². The maximum Gasteiger partial charge on any atom is 0.00101 e. The quantitative estimate of drug-likeness (QED) is 0.606. The zero-order valence-electron chi connectivity index (χ0n) is 13.4. The van der Waals surface area contributed by atoms with Crippen molar-refractivity contribution in [3.05, 3.63) is 0 Å². The lowest BCUT2D eigenvalue weighted by Gasteiger charge is -2.36. The SMILES string of the molecule is CCCCCCCCCCN1CCC(CN)C(C)C1. The third-order valence-corrected chi connectivity index (χ3v) is 4.80. The highest BCUT2D eigenvalue weighted by Crippen LogP contribution is 2.22. The molecule has 0 aliphatic carbocycles. The molecule has 19 heavy (non-hydrogen) atoms. The van der Waals surface area contributed by atoms with E-state index in [1.165, 1.54) is 77.4 Å². The minimum absolute atomic E-state index is 0.773. The summed E-state index contributed by atoms with van der Waals surface area (Å²) >= 11 is 0. The predicted octanol–water partition coefficient (Wildman–Crippen LogP) is 4.04. The Balaban J connectivity index is 1.93. The number of piperidine rings is 1. The standard InChI is InChI=1S/C17H36N2/c1-3-4-5-6-7-8-9-10-12-19-13-11-17(14-18)16(2)15-19/h16-17H,3-15,18H2,1-2H3. The van der Waals surface area contributed by atoms with Gasteiger partial charge in [-0.2, -0.15) is 0 Å². The first-order valence-corrected chi connectivity index (χ1v) is 8.70. The lowest BCUT2D eigenvalue weighted by atomic mass is 9.87. The molecular weight excluding hydrogens is 232 g/mol. The summed E-state index contributed by atoms with van der Waals surface area (Å²) < 4.78 is 0. The number of nitrogens with two attached hydrogens (primary N) is 1. The van der Waals surface area contributed by atoms with Crippen LogP contribution in [-0.4, -0.2) is 31.1 Å². The van der Waals surface area contributed by atoms with Crippen LogP contribution in [0.25, 0.3) is 0 Å². The van der Waals surface area contributed by atoms with E-state index < -0.39 is 0 Å². The number of nitrogens with zero attached hydrogens (tertiary/aromatic N) is 1. The Morgan fingerprint density at radius 2 is 1.63 bits per heavy atom. The fourth-order valence-corrected chi connectivity index (χ4v) is 3.30. The van der Waals surface area contributed by atoms with Gasteiger partial charge >= 0.3 is 0 Å². The second-order valence-electron chi connectivity index (χ2n) is 6.54. The van der Waals surface area contributed by atoms with Gasteiger partial charge < -0.3 is 10.6 Å². The first kappa shape index (κ1) is 17.0. The molecule has 1 fully saturated rings. The van der Waals surface area contributed by atoms with Crippen LogP contribution in [0.2, 0.25) is 0 Å². The van der Waals surface area contributed by atoms with Gasteiger partial charge in [0.15, 0.2) is 0 Å². The van der Waals surface area contributed by atoms with Crippen LogP contribution in [0.4, 0.5) is 0 Å². The van der Waals surface area contributed by atoms with Crippen LogP contribution < -0.4 is 5.73 Å². The molecule has 1 aliphatic rings. The Morgan fingerprint density at radius 3 is 2.21 bits per heavy atom. The molecule has 1 rings (SSSR count). The Bertz CT molecular complexity index is 205. The van der Waals surface area contributed by atoms with Crippen molar-refractivity contribution >= 4 is 0 Å². The molecule has 114 valence electrons. The molecule has 0 radical (unpaired) electrons. The lowest BCUT2D eigenvalue weighted by Crippen LogP contribution is -2.42. The first-order chi connectivity index (χ1) is 9.27. The van der Waals surface area contributed by atoms with Crippen LogP contribution in [-0.2, 0) is 0 Å². The van der Waals surface area contributed by atoms with Crippen LogP contribution in [0.3, 0.4) is 0 Å². The van der Waals surface area contributed by atoms with Crippen molar-refractivity contribution in [1.82, 2.24) is 4.90 Å². The fraction of sp³-hybridized carbons (Fsp3) is 1.00. The second kappa shape index (κ2) is 10.7. The van der Waals surface area contributed by atoms with Gasteiger partial charge in [0.2, 0.25) is 0 Å². The lowest BCUT2D eigenvalue weighted by molar-refractivity contribution is 0.131. The minimum Gasteiger partial charge on any atom is -0.330 e. The Kier molecular flexibility index (Phi) is 9.54. The van der Waals surface area contributed by atoms with Crippen LogP contribution in [0, 0.1) is 11.8 Å². The van der Waals surface area contributed by atoms with Gasteiger partial charge in [-0.25, -0.2) is 0 Å². The van der Waals surface area contributed by atoms with Crippen molar-refractivity contribution in [1.29, 1.82) is 0 Å². The van der Waals surface area contributed by atoms with Crippen molar-refractivity contribution < 1.29 is 0 Å². The molecular formula is C17H36N2. The van der Waals surface area contributed by atoms with Crippen LogP contribution in [0.1, 0.15) is 71.6 Å². The van der Waals surface area contributed by atoms with Gasteiger partial charge in [-0.15, -0.1) is 0 Å². The van der Waals surface area contributed by atoms with Crippen molar-refractivity contribution in [2.75, 3.05) is 26.2 Å². The molecule has 2 atom stereocenters. The molecule has 0 saturated carbocycles. The number of rotatable bonds is 10. The van der Waals surface area contributed by atoms with Gasteiger partial charge in [-0.3, -0.25) is 0 Å². The first-order valence-electron chi connectivity index (χ1n) is 8.70. The summed E-state index contributed by atoms with van der Waals surface area (Å²) in [5.41, 5.74) is 5.81. The van der Waals surface area contributed by atoms with E-state index in [4.69, 9.17) is 5.73 Å². The van der Waals surface area contributed by atoms with E-state index in [2.05, 4.69) is 18.7 Å². The highest BCUT2D eigenvalue weighted by Gasteiger charge is 2.24. The van der Waals surface area contributed by atoms with E-state index in [0.29, 0.717) is 0 Å². The molecule has 0 bridgehead atoms. The van der Waals surface area contributed by atoms with Crippen molar-refractivity contribution in [2.45, 2.75) is 71.6 Å². The smallest absolute Gasteiger partial charge is 0.00101 e. The summed E-state index contributed by atoms with van der Waals surface area (Å²) in [5, 5.41) is 0. The highest BCUT2D eigenvalue weighted by molar-refractivity contribution is 4.78. The normalized spacial score (nSPS) is 24.8. The van der Waals surface area contributed by atoms with Gasteiger partial charge in [-0.1, -0.05) is 58.8 Å². The average molecular weight is 268 g/mol.